The van der Waals surface area contributed by atoms with Crippen molar-refractivity contribution in [3.63, 3.8) is 0 Å². The predicted octanol–water partition coefficient (Wildman–Crippen LogP) is 6.26. The molecule has 1 amide bonds. The summed E-state index contributed by atoms with van der Waals surface area (Å²) in [6.07, 6.45) is 9.04. The van der Waals surface area contributed by atoms with Gasteiger partial charge < -0.3 is 10.4 Å². The van der Waals surface area contributed by atoms with Gasteiger partial charge in [-0.2, -0.15) is 0 Å². The number of hydrogen-bond acceptors (Lipinski definition) is 3. The normalized spacial score (nSPS) is 12.2. The number of aliphatic carboxylic acids is 1. The largest absolute Gasteiger partial charge is 0.478 e. The van der Waals surface area contributed by atoms with Crippen LogP contribution in [0.4, 0.5) is 4.39 Å². The number of benzene rings is 1. The molecule has 2 rings (SSSR count). The molecule has 2 aromatic rings. The Bertz CT molecular complexity index is 875. The first kappa shape index (κ1) is 23.8. The Morgan fingerprint density at radius 2 is 1.97 bits per heavy atom. The molecule has 1 aromatic heterocycles. The van der Waals surface area contributed by atoms with Gasteiger partial charge in [-0.1, -0.05) is 58.1 Å². The number of halogens is 1. The van der Waals surface area contributed by atoms with Gasteiger partial charge in [-0.15, -0.1) is 11.3 Å². The van der Waals surface area contributed by atoms with Gasteiger partial charge >= 0.3 is 5.97 Å². The molecule has 0 radical (unpaired) electrons. The van der Waals surface area contributed by atoms with Crippen LogP contribution in [0.3, 0.4) is 0 Å². The van der Waals surface area contributed by atoms with E-state index in [9.17, 15) is 14.0 Å². The second-order valence-corrected chi connectivity index (χ2v) is 8.46. The minimum Gasteiger partial charge on any atom is -0.478 e. The number of carbonyl (C=O) groups is 2. The Morgan fingerprint density at radius 3 is 2.67 bits per heavy atom. The molecule has 2 N–H and O–H groups in total. The molecule has 0 bridgehead atoms. The number of unbranched alkanes of at least 4 members (excludes halogenated alkanes) is 4. The zero-order valence-corrected chi connectivity index (χ0v) is 18.4. The monoisotopic (exact) mass is 431 g/mol. The van der Waals surface area contributed by atoms with Gasteiger partial charge in [0.25, 0.3) is 0 Å². The van der Waals surface area contributed by atoms with Crippen molar-refractivity contribution in [2.75, 3.05) is 0 Å². The molecule has 0 saturated heterocycles. The van der Waals surface area contributed by atoms with Gasteiger partial charge in [0.15, 0.2) is 0 Å². The first-order chi connectivity index (χ1) is 14.4. The molecule has 4 nitrogen and oxygen atoms in total. The third-order valence-electron chi connectivity index (χ3n) is 5.00. The van der Waals surface area contributed by atoms with Gasteiger partial charge in [0, 0.05) is 29.0 Å². The van der Waals surface area contributed by atoms with E-state index in [-0.39, 0.29) is 17.4 Å². The van der Waals surface area contributed by atoms with Crippen LogP contribution in [-0.4, -0.2) is 17.0 Å². The Morgan fingerprint density at radius 1 is 1.20 bits per heavy atom. The van der Waals surface area contributed by atoms with E-state index in [0.717, 1.165) is 34.9 Å². The van der Waals surface area contributed by atoms with Gasteiger partial charge in [-0.05, 0) is 41.1 Å². The molecular formula is C24H30FNO3S. The zero-order chi connectivity index (χ0) is 21.9. The van der Waals surface area contributed by atoms with E-state index in [1.807, 2.05) is 18.4 Å². The number of thiophene rings is 1. The van der Waals surface area contributed by atoms with E-state index in [2.05, 4.69) is 12.2 Å². The zero-order valence-electron chi connectivity index (χ0n) is 17.6. The topological polar surface area (TPSA) is 66.4 Å². The number of amides is 1. The summed E-state index contributed by atoms with van der Waals surface area (Å²) in [5.41, 5.74) is 1.94. The maximum absolute atomic E-state index is 14.2. The van der Waals surface area contributed by atoms with Crippen molar-refractivity contribution in [3.05, 3.63) is 52.7 Å². The molecule has 0 saturated carbocycles. The Hall–Kier alpha value is -2.47. The van der Waals surface area contributed by atoms with Crippen molar-refractivity contribution in [1.82, 2.24) is 5.32 Å². The fraction of sp³-hybridized carbons (Fsp3) is 0.417. The first-order valence-electron chi connectivity index (χ1n) is 10.5. The SMILES string of the molecule is CCCCCCCC(C)C(=O)NCc1csc(-c2ccc(C=CC(=O)O)c(F)c2)c1. The molecule has 1 heterocycles. The van der Waals surface area contributed by atoms with Crippen LogP contribution in [0.2, 0.25) is 0 Å². The van der Waals surface area contributed by atoms with Crippen LogP contribution in [0.15, 0.2) is 35.7 Å². The molecule has 30 heavy (non-hydrogen) atoms. The minimum atomic E-state index is -1.12. The van der Waals surface area contributed by atoms with E-state index in [1.54, 1.807) is 12.1 Å². The summed E-state index contributed by atoms with van der Waals surface area (Å²) in [6.45, 7) is 4.62. The first-order valence-corrected chi connectivity index (χ1v) is 11.3. The Labute approximate surface area is 181 Å². The molecule has 1 aromatic carbocycles. The van der Waals surface area contributed by atoms with Gasteiger partial charge in [0.05, 0.1) is 0 Å². The second-order valence-electron chi connectivity index (χ2n) is 7.55. The molecule has 1 unspecified atom stereocenters. The van der Waals surface area contributed by atoms with Crippen molar-refractivity contribution < 1.29 is 19.1 Å². The smallest absolute Gasteiger partial charge is 0.328 e. The summed E-state index contributed by atoms with van der Waals surface area (Å²) in [6, 6.07) is 6.67. The molecule has 0 aliphatic carbocycles. The highest BCUT2D eigenvalue weighted by Crippen LogP contribution is 2.29. The highest BCUT2D eigenvalue weighted by molar-refractivity contribution is 7.13. The maximum Gasteiger partial charge on any atom is 0.328 e. The van der Waals surface area contributed by atoms with Crippen molar-refractivity contribution in [3.8, 4) is 10.4 Å². The van der Waals surface area contributed by atoms with E-state index < -0.39 is 11.8 Å². The fourth-order valence-corrected chi connectivity index (χ4v) is 4.06. The van der Waals surface area contributed by atoms with E-state index in [0.29, 0.717) is 6.54 Å². The van der Waals surface area contributed by atoms with Gasteiger partial charge in [-0.25, -0.2) is 9.18 Å². The van der Waals surface area contributed by atoms with E-state index >= 15 is 0 Å². The number of hydrogen-bond donors (Lipinski definition) is 2. The standard InChI is InChI=1S/C24H30FNO3S/c1-3-4-5-6-7-8-17(2)24(29)26-15-18-13-22(30-16-18)20-10-9-19(21(25)14-20)11-12-23(27)28/h9-14,16-17H,3-8,15H2,1-2H3,(H,26,29)(H,27,28). The number of carbonyl (C=O) groups excluding carboxylic acids is 1. The summed E-state index contributed by atoms with van der Waals surface area (Å²) < 4.78 is 14.2. The number of carboxylic acid groups (broad SMARTS) is 1. The van der Waals surface area contributed by atoms with Crippen LogP contribution >= 0.6 is 11.3 Å². The average Bonchev–Trinajstić information content (AvgIpc) is 3.19. The molecule has 1 atom stereocenters. The average molecular weight is 432 g/mol. The fourth-order valence-electron chi connectivity index (χ4n) is 3.14. The van der Waals surface area contributed by atoms with Crippen LogP contribution in [0, 0.1) is 11.7 Å². The summed E-state index contributed by atoms with van der Waals surface area (Å²) in [5.74, 6) is -1.51. The van der Waals surface area contributed by atoms with Crippen LogP contribution in [0.25, 0.3) is 16.5 Å². The highest BCUT2D eigenvalue weighted by atomic mass is 32.1. The van der Waals surface area contributed by atoms with E-state index in [1.165, 1.54) is 49.2 Å². The molecule has 0 spiro atoms. The second kappa shape index (κ2) is 12.3. The Balaban J connectivity index is 1.87. The van der Waals surface area contributed by atoms with Crippen molar-refractivity contribution in [1.29, 1.82) is 0 Å². The highest BCUT2D eigenvalue weighted by Gasteiger charge is 2.13. The molecule has 0 fully saturated rings. The van der Waals surface area contributed by atoms with Crippen LogP contribution in [0.1, 0.15) is 63.5 Å². The maximum atomic E-state index is 14.2. The van der Waals surface area contributed by atoms with E-state index in [4.69, 9.17) is 5.11 Å². The van der Waals surface area contributed by atoms with Gasteiger partial charge in [-0.3, -0.25) is 4.79 Å². The molecule has 6 heteroatoms. The van der Waals surface area contributed by atoms with Crippen LogP contribution < -0.4 is 5.32 Å². The lowest BCUT2D eigenvalue weighted by Gasteiger charge is -2.11. The summed E-state index contributed by atoms with van der Waals surface area (Å²) in [5, 5.41) is 13.6. The third-order valence-corrected chi connectivity index (χ3v) is 6.03. The summed E-state index contributed by atoms with van der Waals surface area (Å²) in [7, 11) is 0. The molecule has 162 valence electrons. The summed E-state index contributed by atoms with van der Waals surface area (Å²) in [4.78, 5) is 23.8. The lowest BCUT2D eigenvalue weighted by atomic mass is 10.0. The van der Waals surface area contributed by atoms with Crippen molar-refractivity contribution in [2.24, 2.45) is 5.92 Å². The molecular weight excluding hydrogens is 401 g/mol. The number of rotatable bonds is 12. The number of nitrogens with one attached hydrogen (secondary N) is 1. The van der Waals surface area contributed by atoms with Crippen molar-refractivity contribution in [2.45, 2.75) is 58.9 Å². The summed E-state index contributed by atoms with van der Waals surface area (Å²) >= 11 is 1.49. The Kier molecular flexibility index (Phi) is 9.74. The lowest BCUT2D eigenvalue weighted by Crippen LogP contribution is -2.28. The third kappa shape index (κ3) is 7.75. The predicted molar refractivity (Wildman–Crippen MR) is 121 cm³/mol. The quantitative estimate of drug-likeness (QED) is 0.308. The van der Waals surface area contributed by atoms with Gasteiger partial charge in [0.1, 0.15) is 5.82 Å². The van der Waals surface area contributed by atoms with Gasteiger partial charge in [0.2, 0.25) is 5.91 Å². The lowest BCUT2D eigenvalue weighted by molar-refractivity contribution is -0.131. The number of carboxylic acids is 1. The van der Waals surface area contributed by atoms with Crippen molar-refractivity contribution >= 4 is 29.3 Å². The molecule has 0 aliphatic heterocycles. The van der Waals surface area contributed by atoms with Crippen LogP contribution in [-0.2, 0) is 16.1 Å². The molecule has 0 aliphatic rings. The minimum absolute atomic E-state index is 0.00484. The van der Waals surface area contributed by atoms with Crippen LogP contribution in [0.5, 0.6) is 0 Å².